The Morgan fingerprint density at radius 2 is 1.86 bits per heavy atom. The maximum absolute atomic E-state index is 4.84. The Morgan fingerprint density at radius 3 is 2.52 bits per heavy atom. The van der Waals surface area contributed by atoms with E-state index in [2.05, 4.69) is 28.5 Å². The number of hydrogen-bond acceptors (Lipinski definition) is 4. The minimum Gasteiger partial charge on any atom is -0.304 e. The molecule has 0 aromatic carbocycles. The third-order valence-corrected chi connectivity index (χ3v) is 4.68. The molecule has 0 spiro atoms. The van der Waals surface area contributed by atoms with Crippen molar-refractivity contribution in [2.45, 2.75) is 51.5 Å². The topological polar surface area (TPSA) is 37.2 Å². The van der Waals surface area contributed by atoms with Gasteiger partial charge in [0.2, 0.25) is 0 Å². The fourth-order valence-electron chi connectivity index (χ4n) is 2.91. The Bertz CT molecular complexity index is 444. The fraction of sp³-hybridized carbons (Fsp3) is 0.875. The summed E-state index contributed by atoms with van der Waals surface area (Å²) in [6.45, 7) is 9.16. The van der Waals surface area contributed by atoms with Gasteiger partial charge < -0.3 is 9.80 Å². The highest BCUT2D eigenvalue weighted by atomic mass is 15.4. The van der Waals surface area contributed by atoms with Gasteiger partial charge in [-0.1, -0.05) is 13.3 Å². The first kappa shape index (κ1) is 15.0. The highest BCUT2D eigenvalue weighted by Gasteiger charge is 2.29. The van der Waals surface area contributed by atoms with E-state index in [1.807, 2.05) is 0 Å². The molecule has 2 fully saturated rings. The molecule has 2 aliphatic rings. The molecule has 3 rings (SSSR count). The molecule has 1 aliphatic carbocycles. The molecule has 1 aromatic heterocycles. The van der Waals surface area contributed by atoms with E-state index in [1.54, 1.807) is 0 Å². The summed E-state index contributed by atoms with van der Waals surface area (Å²) in [4.78, 5) is 9.81. The van der Waals surface area contributed by atoms with E-state index >= 15 is 0 Å². The Morgan fingerprint density at radius 1 is 1.10 bits per heavy atom. The van der Waals surface area contributed by atoms with Crippen LogP contribution in [0.4, 0.5) is 0 Å². The number of aryl methyl sites for hydroxylation is 1. The third-order valence-electron chi connectivity index (χ3n) is 4.68. The SMILES string of the molecule is CCCCn1nc(C2CC2)nc1CCN1CCN(C)CC1. The number of piperazine rings is 1. The van der Waals surface area contributed by atoms with Crippen molar-refractivity contribution in [3.05, 3.63) is 11.6 Å². The summed E-state index contributed by atoms with van der Waals surface area (Å²) in [5.74, 6) is 2.99. The predicted octanol–water partition coefficient (Wildman–Crippen LogP) is 1.75. The molecule has 1 saturated heterocycles. The van der Waals surface area contributed by atoms with Gasteiger partial charge in [0, 0.05) is 51.6 Å². The number of likely N-dealkylation sites (N-methyl/N-ethyl adjacent to an activating group) is 1. The molecule has 1 aliphatic heterocycles. The van der Waals surface area contributed by atoms with Crippen molar-refractivity contribution in [1.29, 1.82) is 0 Å². The highest BCUT2D eigenvalue weighted by Crippen LogP contribution is 2.38. The van der Waals surface area contributed by atoms with E-state index in [0.29, 0.717) is 5.92 Å². The van der Waals surface area contributed by atoms with Crippen LogP contribution in [0.3, 0.4) is 0 Å². The van der Waals surface area contributed by atoms with Gasteiger partial charge >= 0.3 is 0 Å². The second kappa shape index (κ2) is 6.88. The van der Waals surface area contributed by atoms with Crippen molar-refractivity contribution in [3.8, 4) is 0 Å². The molecular weight excluding hydrogens is 262 g/mol. The molecule has 0 atom stereocenters. The van der Waals surface area contributed by atoms with Crippen LogP contribution < -0.4 is 0 Å². The van der Waals surface area contributed by atoms with Crippen LogP contribution in [0.1, 0.15) is 50.2 Å². The summed E-state index contributed by atoms with van der Waals surface area (Å²) in [5, 5.41) is 4.76. The summed E-state index contributed by atoms with van der Waals surface area (Å²) < 4.78 is 2.19. The van der Waals surface area contributed by atoms with Crippen molar-refractivity contribution in [2.24, 2.45) is 0 Å². The van der Waals surface area contributed by atoms with E-state index in [0.717, 1.165) is 25.3 Å². The van der Waals surface area contributed by atoms with Crippen LogP contribution in [0.5, 0.6) is 0 Å². The maximum Gasteiger partial charge on any atom is 0.154 e. The van der Waals surface area contributed by atoms with E-state index in [-0.39, 0.29) is 0 Å². The van der Waals surface area contributed by atoms with Gasteiger partial charge in [0.05, 0.1) is 0 Å². The van der Waals surface area contributed by atoms with Gasteiger partial charge in [-0.2, -0.15) is 5.10 Å². The third kappa shape index (κ3) is 4.04. The molecule has 21 heavy (non-hydrogen) atoms. The number of unbranched alkanes of at least 4 members (excludes halogenated alkanes) is 1. The van der Waals surface area contributed by atoms with Gasteiger partial charge in [-0.15, -0.1) is 0 Å². The second-order valence-electron chi connectivity index (χ2n) is 6.63. The van der Waals surface area contributed by atoms with Gasteiger partial charge in [-0.3, -0.25) is 0 Å². The van der Waals surface area contributed by atoms with Gasteiger partial charge in [0.1, 0.15) is 5.82 Å². The summed E-state index contributed by atoms with van der Waals surface area (Å²) in [6, 6.07) is 0. The average molecular weight is 291 g/mol. The fourth-order valence-corrected chi connectivity index (χ4v) is 2.91. The van der Waals surface area contributed by atoms with Crippen LogP contribution in [0.25, 0.3) is 0 Å². The van der Waals surface area contributed by atoms with Crippen LogP contribution in [0, 0.1) is 0 Å². The summed E-state index contributed by atoms with van der Waals surface area (Å²) in [7, 11) is 2.21. The standard InChI is InChI=1S/C16H29N5/c1-3-4-8-21-15(17-16(18-21)14-5-6-14)7-9-20-12-10-19(2)11-13-20/h14H,3-13H2,1-2H3. The first-order valence-electron chi connectivity index (χ1n) is 8.60. The zero-order valence-electron chi connectivity index (χ0n) is 13.6. The minimum absolute atomic E-state index is 0.662. The molecule has 1 aromatic rings. The van der Waals surface area contributed by atoms with Gasteiger partial charge in [0.25, 0.3) is 0 Å². The molecule has 0 N–H and O–H groups in total. The number of rotatable bonds is 7. The Hall–Kier alpha value is -0.940. The largest absolute Gasteiger partial charge is 0.304 e. The minimum atomic E-state index is 0.662. The molecule has 1 saturated carbocycles. The van der Waals surface area contributed by atoms with Crippen molar-refractivity contribution >= 4 is 0 Å². The number of aromatic nitrogens is 3. The van der Waals surface area contributed by atoms with Crippen LogP contribution in [0.2, 0.25) is 0 Å². The van der Waals surface area contributed by atoms with E-state index in [1.165, 1.54) is 57.7 Å². The second-order valence-corrected chi connectivity index (χ2v) is 6.63. The molecular formula is C16H29N5. The van der Waals surface area contributed by atoms with Crippen LogP contribution >= 0.6 is 0 Å². The maximum atomic E-state index is 4.84. The van der Waals surface area contributed by atoms with Crippen LogP contribution in [-0.4, -0.2) is 64.3 Å². The number of hydrogen-bond donors (Lipinski definition) is 0. The monoisotopic (exact) mass is 291 g/mol. The molecule has 0 radical (unpaired) electrons. The van der Waals surface area contributed by atoms with E-state index in [9.17, 15) is 0 Å². The van der Waals surface area contributed by atoms with Gasteiger partial charge in [-0.25, -0.2) is 9.67 Å². The first-order valence-corrected chi connectivity index (χ1v) is 8.60. The summed E-state index contributed by atoms with van der Waals surface area (Å²) in [6.07, 6.45) is 6.05. The number of nitrogens with zero attached hydrogens (tertiary/aromatic N) is 5. The molecule has 5 heteroatoms. The summed E-state index contributed by atoms with van der Waals surface area (Å²) in [5.41, 5.74) is 0. The molecule has 5 nitrogen and oxygen atoms in total. The predicted molar refractivity (Wildman–Crippen MR) is 84.5 cm³/mol. The zero-order chi connectivity index (χ0) is 14.7. The lowest BCUT2D eigenvalue weighted by atomic mass is 10.3. The lowest BCUT2D eigenvalue weighted by Crippen LogP contribution is -2.45. The summed E-state index contributed by atoms with van der Waals surface area (Å²) >= 11 is 0. The van der Waals surface area contributed by atoms with Crippen molar-refractivity contribution in [3.63, 3.8) is 0 Å². The first-order chi connectivity index (χ1) is 10.3. The molecule has 0 amide bonds. The lowest BCUT2D eigenvalue weighted by molar-refractivity contribution is 0.154. The van der Waals surface area contributed by atoms with Crippen LogP contribution in [-0.2, 0) is 13.0 Å². The highest BCUT2D eigenvalue weighted by molar-refractivity contribution is 5.06. The molecule has 0 unspecified atom stereocenters. The molecule has 2 heterocycles. The van der Waals surface area contributed by atoms with E-state index < -0.39 is 0 Å². The van der Waals surface area contributed by atoms with Crippen molar-refractivity contribution in [1.82, 2.24) is 24.6 Å². The molecule has 118 valence electrons. The van der Waals surface area contributed by atoms with E-state index in [4.69, 9.17) is 10.1 Å². The molecule has 0 bridgehead atoms. The Kier molecular flexibility index (Phi) is 4.91. The van der Waals surface area contributed by atoms with Crippen molar-refractivity contribution in [2.75, 3.05) is 39.8 Å². The van der Waals surface area contributed by atoms with Crippen molar-refractivity contribution < 1.29 is 0 Å². The average Bonchev–Trinajstić information content (AvgIpc) is 3.26. The normalized spacial score (nSPS) is 21.0. The van der Waals surface area contributed by atoms with Gasteiger partial charge in [0.15, 0.2) is 5.82 Å². The smallest absolute Gasteiger partial charge is 0.154 e. The Labute approximate surface area is 128 Å². The lowest BCUT2D eigenvalue weighted by Gasteiger charge is -2.32. The van der Waals surface area contributed by atoms with Gasteiger partial charge in [-0.05, 0) is 26.3 Å². The Balaban J connectivity index is 1.57. The zero-order valence-corrected chi connectivity index (χ0v) is 13.6. The van der Waals surface area contributed by atoms with Crippen LogP contribution in [0.15, 0.2) is 0 Å². The quantitative estimate of drug-likeness (QED) is 0.767.